The lowest BCUT2D eigenvalue weighted by Gasteiger charge is -2.10. The van der Waals surface area contributed by atoms with Crippen molar-refractivity contribution in [2.45, 2.75) is 6.92 Å². The number of rotatable bonds is 7. The first kappa shape index (κ1) is 23.6. The molecule has 1 amide bonds. The third kappa shape index (κ3) is 4.46. The van der Waals surface area contributed by atoms with Gasteiger partial charge in [0.1, 0.15) is 16.3 Å². The van der Waals surface area contributed by atoms with Crippen LogP contribution in [0.4, 0.5) is 10.7 Å². The molecule has 2 aromatic heterocycles. The zero-order valence-corrected chi connectivity index (χ0v) is 19.3. The van der Waals surface area contributed by atoms with Crippen LogP contribution in [0.5, 0.6) is 5.75 Å². The van der Waals surface area contributed by atoms with E-state index in [1.54, 1.807) is 31.2 Å². The maximum atomic E-state index is 13.5. The number of anilines is 1. The number of ether oxygens (including phenoxy) is 2. The van der Waals surface area contributed by atoms with Crippen LogP contribution in [-0.2, 0) is 4.74 Å². The second-order valence-electron chi connectivity index (χ2n) is 7.07. The average molecular weight is 494 g/mol. The summed E-state index contributed by atoms with van der Waals surface area (Å²) in [5, 5.41) is 20.0. The van der Waals surface area contributed by atoms with Crippen LogP contribution in [-0.4, -0.2) is 40.3 Å². The number of benzene rings is 2. The first-order valence-electron chi connectivity index (χ1n) is 10.3. The van der Waals surface area contributed by atoms with E-state index >= 15 is 0 Å². The molecule has 11 nitrogen and oxygen atoms in total. The molecular weight excluding hydrogens is 476 g/mol. The lowest BCUT2D eigenvalue weighted by molar-refractivity contribution is -0.385. The number of amides is 1. The molecule has 178 valence electrons. The van der Waals surface area contributed by atoms with Crippen molar-refractivity contribution in [1.82, 2.24) is 9.78 Å². The number of hydrogen-bond donors (Lipinski definition) is 1. The van der Waals surface area contributed by atoms with Gasteiger partial charge in [0.2, 0.25) is 0 Å². The van der Waals surface area contributed by atoms with E-state index in [1.165, 1.54) is 36.8 Å². The van der Waals surface area contributed by atoms with Crippen molar-refractivity contribution < 1.29 is 24.0 Å². The molecule has 0 spiro atoms. The molecule has 0 aliphatic rings. The van der Waals surface area contributed by atoms with Gasteiger partial charge in [0.05, 0.1) is 29.7 Å². The first-order chi connectivity index (χ1) is 16.8. The highest BCUT2D eigenvalue weighted by Crippen LogP contribution is 2.32. The first-order valence-corrected chi connectivity index (χ1v) is 11.1. The fraction of sp³-hybridized carbons (Fsp3) is 0.130. The molecule has 12 heteroatoms. The van der Waals surface area contributed by atoms with Crippen LogP contribution in [0.2, 0.25) is 0 Å². The normalized spacial score (nSPS) is 10.7. The summed E-state index contributed by atoms with van der Waals surface area (Å²) in [5.74, 6) is -0.957. The van der Waals surface area contributed by atoms with Gasteiger partial charge in [0.25, 0.3) is 17.2 Å². The number of para-hydroxylation sites is 1. The Hall–Kier alpha value is -4.58. The number of carbonyl (C=O) groups excluding carboxylic acids is 2. The van der Waals surface area contributed by atoms with Crippen LogP contribution in [0, 0.1) is 10.1 Å². The van der Waals surface area contributed by atoms with Crippen molar-refractivity contribution >= 4 is 44.7 Å². The summed E-state index contributed by atoms with van der Waals surface area (Å²) in [5.41, 5.74) is -0.910. The zero-order chi connectivity index (χ0) is 25.1. The molecule has 4 rings (SSSR count). The number of nitrogens with one attached hydrogen (secondary N) is 1. The fourth-order valence-corrected chi connectivity index (χ4v) is 4.32. The zero-order valence-electron chi connectivity index (χ0n) is 18.5. The number of esters is 1. The standard InChI is InChI=1S/C23H18N4O7S/c1-3-34-23(30)19-16-12-35-21(24-20(28)15-6-4-5-7-17(15)27(31)32)18(16)22(29)26(25-19)13-8-10-14(33-2)11-9-13/h4-12H,3H2,1-2H3,(H,24,28). The monoisotopic (exact) mass is 494 g/mol. The van der Waals surface area contributed by atoms with Gasteiger partial charge in [-0.05, 0) is 37.3 Å². The number of thiophene rings is 1. The van der Waals surface area contributed by atoms with Gasteiger partial charge < -0.3 is 14.8 Å². The highest BCUT2D eigenvalue weighted by Gasteiger charge is 2.25. The summed E-state index contributed by atoms with van der Waals surface area (Å²) >= 11 is 0.991. The van der Waals surface area contributed by atoms with E-state index in [0.717, 1.165) is 16.0 Å². The number of fused-ring (bicyclic) bond motifs is 1. The van der Waals surface area contributed by atoms with Crippen LogP contribution in [0.25, 0.3) is 16.5 Å². The van der Waals surface area contributed by atoms with Gasteiger partial charge in [-0.15, -0.1) is 11.3 Å². The molecule has 0 saturated carbocycles. The Morgan fingerprint density at radius 1 is 1.17 bits per heavy atom. The number of methoxy groups -OCH3 is 1. The summed E-state index contributed by atoms with van der Waals surface area (Å²) in [6.45, 7) is 1.73. The fourth-order valence-electron chi connectivity index (χ4n) is 3.39. The van der Waals surface area contributed by atoms with E-state index < -0.39 is 22.4 Å². The van der Waals surface area contributed by atoms with E-state index in [4.69, 9.17) is 9.47 Å². The Balaban J connectivity index is 1.87. The van der Waals surface area contributed by atoms with Gasteiger partial charge >= 0.3 is 5.97 Å². The SMILES string of the molecule is CCOC(=O)c1nn(-c2ccc(OC)cc2)c(=O)c2c(NC(=O)c3ccccc3[N+](=O)[O-])scc12. The quantitative estimate of drug-likeness (QED) is 0.232. The summed E-state index contributed by atoms with van der Waals surface area (Å²) in [7, 11) is 1.50. The number of hydrogen-bond acceptors (Lipinski definition) is 9. The van der Waals surface area contributed by atoms with E-state index in [9.17, 15) is 24.5 Å². The Kier molecular flexibility index (Phi) is 6.55. The number of nitro groups is 1. The highest BCUT2D eigenvalue weighted by molar-refractivity contribution is 7.16. The predicted octanol–water partition coefficient (Wildman–Crippen LogP) is 3.79. The molecule has 2 aromatic carbocycles. The minimum Gasteiger partial charge on any atom is -0.497 e. The molecule has 0 unspecified atom stereocenters. The van der Waals surface area contributed by atoms with Gasteiger partial charge in [-0.25, -0.2) is 4.79 Å². The van der Waals surface area contributed by atoms with Gasteiger partial charge in [0, 0.05) is 16.8 Å². The van der Waals surface area contributed by atoms with E-state index in [2.05, 4.69) is 10.4 Å². The second-order valence-corrected chi connectivity index (χ2v) is 7.95. The Morgan fingerprint density at radius 3 is 2.54 bits per heavy atom. The van der Waals surface area contributed by atoms with E-state index in [1.807, 2.05) is 0 Å². The van der Waals surface area contributed by atoms with Crippen molar-refractivity contribution in [1.29, 1.82) is 0 Å². The van der Waals surface area contributed by atoms with Crippen LogP contribution in [0.3, 0.4) is 0 Å². The van der Waals surface area contributed by atoms with E-state index in [0.29, 0.717) is 11.4 Å². The summed E-state index contributed by atoms with van der Waals surface area (Å²) in [6.07, 6.45) is 0. The number of nitrogens with zero attached hydrogens (tertiary/aromatic N) is 3. The lowest BCUT2D eigenvalue weighted by atomic mass is 10.1. The van der Waals surface area contributed by atoms with E-state index in [-0.39, 0.29) is 39.3 Å². The molecular formula is C23H18N4O7S. The maximum Gasteiger partial charge on any atom is 0.359 e. The van der Waals surface area contributed by atoms with Crippen molar-refractivity contribution in [2.24, 2.45) is 0 Å². The van der Waals surface area contributed by atoms with Crippen LogP contribution >= 0.6 is 11.3 Å². The number of aromatic nitrogens is 2. The highest BCUT2D eigenvalue weighted by atomic mass is 32.1. The second kappa shape index (κ2) is 9.73. The molecule has 2 heterocycles. The lowest BCUT2D eigenvalue weighted by Crippen LogP contribution is -2.25. The van der Waals surface area contributed by atoms with Crippen molar-refractivity contribution in [3.63, 3.8) is 0 Å². The smallest absolute Gasteiger partial charge is 0.359 e. The molecule has 4 aromatic rings. The van der Waals surface area contributed by atoms with Gasteiger partial charge in [-0.3, -0.25) is 19.7 Å². The van der Waals surface area contributed by atoms with Crippen LogP contribution in [0.1, 0.15) is 27.8 Å². The van der Waals surface area contributed by atoms with Crippen LogP contribution < -0.4 is 15.6 Å². The number of carbonyl (C=O) groups is 2. The van der Waals surface area contributed by atoms with Crippen molar-refractivity contribution in [3.8, 4) is 11.4 Å². The molecule has 0 radical (unpaired) electrons. The van der Waals surface area contributed by atoms with Gasteiger partial charge in [-0.2, -0.15) is 9.78 Å². The van der Waals surface area contributed by atoms with Gasteiger partial charge in [-0.1, -0.05) is 12.1 Å². The summed E-state index contributed by atoms with van der Waals surface area (Å²) < 4.78 is 11.3. The molecule has 35 heavy (non-hydrogen) atoms. The molecule has 1 N–H and O–H groups in total. The minimum absolute atomic E-state index is 0.0239. The Labute approximate surface area is 201 Å². The molecule has 0 atom stereocenters. The predicted molar refractivity (Wildman–Crippen MR) is 129 cm³/mol. The Bertz CT molecular complexity index is 1510. The Morgan fingerprint density at radius 2 is 1.89 bits per heavy atom. The average Bonchev–Trinajstić information content (AvgIpc) is 3.28. The van der Waals surface area contributed by atoms with Crippen molar-refractivity contribution in [2.75, 3.05) is 19.0 Å². The van der Waals surface area contributed by atoms with Gasteiger partial charge in [0.15, 0.2) is 5.69 Å². The molecule has 0 aliphatic heterocycles. The topological polar surface area (TPSA) is 143 Å². The third-order valence-electron chi connectivity index (χ3n) is 5.01. The molecule has 0 fully saturated rings. The summed E-state index contributed by atoms with van der Waals surface area (Å²) in [4.78, 5) is 49.7. The number of nitro benzene ring substituents is 1. The maximum absolute atomic E-state index is 13.5. The third-order valence-corrected chi connectivity index (χ3v) is 5.91. The molecule has 0 saturated heterocycles. The summed E-state index contributed by atoms with van der Waals surface area (Å²) in [6, 6.07) is 11.9. The molecule has 0 aliphatic carbocycles. The van der Waals surface area contributed by atoms with Crippen LogP contribution in [0.15, 0.2) is 58.7 Å². The van der Waals surface area contributed by atoms with Crippen molar-refractivity contribution in [3.05, 3.63) is 85.6 Å². The minimum atomic E-state index is -0.772. The largest absolute Gasteiger partial charge is 0.497 e. The molecule has 0 bridgehead atoms.